The Kier molecular flexibility index (Phi) is 3.84. The van der Waals surface area contributed by atoms with Crippen LogP contribution in [0.3, 0.4) is 0 Å². The maximum absolute atomic E-state index is 5.71. The molecule has 1 saturated carbocycles. The third-order valence-electron chi connectivity index (χ3n) is 3.47. The van der Waals surface area contributed by atoms with E-state index in [-0.39, 0.29) is 5.95 Å². The van der Waals surface area contributed by atoms with Crippen molar-refractivity contribution >= 4 is 17.8 Å². The number of aromatic nitrogens is 3. The topological polar surface area (TPSA) is 80.0 Å². The second kappa shape index (κ2) is 5.37. The quantitative estimate of drug-likeness (QED) is 0.846. The van der Waals surface area contributed by atoms with E-state index < -0.39 is 0 Å². The Balaban J connectivity index is 2.12. The zero-order valence-corrected chi connectivity index (χ0v) is 11.3. The predicted octanol–water partition coefficient (Wildman–Crippen LogP) is 1.51. The fraction of sp³-hybridized carbons (Fsp3) is 0.750. The molecule has 0 spiro atoms. The van der Waals surface area contributed by atoms with Gasteiger partial charge in [0.1, 0.15) is 0 Å². The molecule has 100 valence electrons. The summed E-state index contributed by atoms with van der Waals surface area (Å²) in [4.78, 5) is 14.5. The molecular formula is C12H22N6. The number of nitrogens with two attached hydrogens (primary N) is 1. The first-order valence-corrected chi connectivity index (χ1v) is 6.51. The first-order valence-electron chi connectivity index (χ1n) is 6.51. The smallest absolute Gasteiger partial charge is 0.231 e. The van der Waals surface area contributed by atoms with E-state index in [0.717, 1.165) is 0 Å². The zero-order chi connectivity index (χ0) is 13.1. The SMILES string of the molecule is CC1CCCCC1Nc1nc(N)nc(N(C)C)n1. The van der Waals surface area contributed by atoms with Gasteiger partial charge in [0, 0.05) is 20.1 Å². The van der Waals surface area contributed by atoms with Crippen LogP contribution in [0, 0.1) is 5.92 Å². The van der Waals surface area contributed by atoms with Crippen molar-refractivity contribution < 1.29 is 0 Å². The molecule has 1 aromatic heterocycles. The monoisotopic (exact) mass is 250 g/mol. The van der Waals surface area contributed by atoms with Gasteiger partial charge < -0.3 is 16.0 Å². The van der Waals surface area contributed by atoms with Gasteiger partial charge in [-0.3, -0.25) is 0 Å². The fourth-order valence-corrected chi connectivity index (χ4v) is 2.34. The molecular weight excluding hydrogens is 228 g/mol. The third-order valence-corrected chi connectivity index (χ3v) is 3.47. The molecule has 1 aromatic rings. The summed E-state index contributed by atoms with van der Waals surface area (Å²) in [6.45, 7) is 2.27. The van der Waals surface area contributed by atoms with Crippen molar-refractivity contribution in [3.05, 3.63) is 0 Å². The number of nitrogens with zero attached hydrogens (tertiary/aromatic N) is 4. The average molecular weight is 250 g/mol. The lowest BCUT2D eigenvalue weighted by molar-refractivity contribution is 0.348. The molecule has 1 aliphatic carbocycles. The van der Waals surface area contributed by atoms with Crippen molar-refractivity contribution in [2.24, 2.45) is 5.92 Å². The first kappa shape index (κ1) is 12.9. The maximum Gasteiger partial charge on any atom is 0.231 e. The molecule has 0 aromatic carbocycles. The number of anilines is 3. The van der Waals surface area contributed by atoms with Crippen molar-refractivity contribution in [1.29, 1.82) is 0 Å². The third kappa shape index (κ3) is 3.00. The standard InChI is InChI=1S/C12H22N6/c1-8-6-4-5-7-9(8)14-11-15-10(13)16-12(17-11)18(2)3/h8-9H,4-7H2,1-3H3,(H3,13,14,15,16,17). The lowest BCUT2D eigenvalue weighted by Gasteiger charge is -2.29. The Morgan fingerprint density at radius 1 is 1.17 bits per heavy atom. The number of hydrogen-bond acceptors (Lipinski definition) is 6. The highest BCUT2D eigenvalue weighted by Gasteiger charge is 2.22. The van der Waals surface area contributed by atoms with Gasteiger partial charge in [0.05, 0.1) is 0 Å². The minimum Gasteiger partial charge on any atom is -0.368 e. The molecule has 0 saturated heterocycles. The Bertz CT molecular complexity index is 406. The van der Waals surface area contributed by atoms with E-state index in [0.29, 0.717) is 23.9 Å². The van der Waals surface area contributed by atoms with Gasteiger partial charge in [-0.05, 0) is 18.8 Å². The summed E-state index contributed by atoms with van der Waals surface area (Å²) in [6, 6.07) is 0.440. The first-order chi connectivity index (χ1) is 8.56. The summed E-state index contributed by atoms with van der Waals surface area (Å²) in [6.07, 6.45) is 5.02. The lowest BCUT2D eigenvalue weighted by atomic mass is 9.86. The molecule has 18 heavy (non-hydrogen) atoms. The summed E-state index contributed by atoms with van der Waals surface area (Å²) in [5.41, 5.74) is 5.71. The number of nitrogens with one attached hydrogen (secondary N) is 1. The Morgan fingerprint density at radius 2 is 1.89 bits per heavy atom. The molecule has 1 heterocycles. The molecule has 0 aliphatic heterocycles. The number of nitrogen functional groups attached to an aromatic ring is 1. The van der Waals surface area contributed by atoms with Crippen LogP contribution < -0.4 is 16.0 Å². The van der Waals surface area contributed by atoms with Crippen LogP contribution in [0.2, 0.25) is 0 Å². The molecule has 1 fully saturated rings. The fourth-order valence-electron chi connectivity index (χ4n) is 2.34. The number of hydrogen-bond donors (Lipinski definition) is 2. The summed E-state index contributed by atoms with van der Waals surface area (Å²) >= 11 is 0. The highest BCUT2D eigenvalue weighted by atomic mass is 15.3. The average Bonchev–Trinajstić information content (AvgIpc) is 2.31. The van der Waals surface area contributed by atoms with Crippen LogP contribution in [-0.4, -0.2) is 35.1 Å². The molecule has 2 unspecified atom stereocenters. The molecule has 6 nitrogen and oxygen atoms in total. The van der Waals surface area contributed by atoms with E-state index in [1.807, 2.05) is 19.0 Å². The zero-order valence-electron chi connectivity index (χ0n) is 11.3. The van der Waals surface area contributed by atoms with Crippen molar-refractivity contribution in [1.82, 2.24) is 15.0 Å². The van der Waals surface area contributed by atoms with E-state index in [9.17, 15) is 0 Å². The molecule has 6 heteroatoms. The largest absolute Gasteiger partial charge is 0.368 e. The molecule has 2 rings (SSSR count). The summed E-state index contributed by atoms with van der Waals surface area (Å²) < 4.78 is 0. The van der Waals surface area contributed by atoms with Crippen LogP contribution in [0.25, 0.3) is 0 Å². The van der Waals surface area contributed by atoms with E-state index >= 15 is 0 Å². The van der Waals surface area contributed by atoms with Gasteiger partial charge in [0.15, 0.2) is 0 Å². The van der Waals surface area contributed by atoms with Gasteiger partial charge >= 0.3 is 0 Å². The summed E-state index contributed by atoms with van der Waals surface area (Å²) in [7, 11) is 3.78. The highest BCUT2D eigenvalue weighted by Crippen LogP contribution is 2.26. The molecule has 0 bridgehead atoms. The Hall–Kier alpha value is -1.59. The Labute approximate surface area is 108 Å². The lowest BCUT2D eigenvalue weighted by Crippen LogP contribution is -2.31. The molecule has 3 N–H and O–H groups in total. The van der Waals surface area contributed by atoms with E-state index in [1.165, 1.54) is 25.7 Å². The van der Waals surface area contributed by atoms with Crippen LogP contribution in [-0.2, 0) is 0 Å². The highest BCUT2D eigenvalue weighted by molar-refractivity contribution is 5.41. The normalized spacial score (nSPS) is 23.7. The van der Waals surface area contributed by atoms with Crippen molar-refractivity contribution in [2.45, 2.75) is 38.6 Å². The van der Waals surface area contributed by atoms with Crippen LogP contribution in [0.15, 0.2) is 0 Å². The van der Waals surface area contributed by atoms with Gasteiger partial charge in [-0.15, -0.1) is 0 Å². The maximum atomic E-state index is 5.71. The molecule has 0 amide bonds. The van der Waals surface area contributed by atoms with Crippen molar-refractivity contribution in [2.75, 3.05) is 30.0 Å². The summed E-state index contributed by atoms with van der Waals surface area (Å²) in [5.74, 6) is 2.10. The van der Waals surface area contributed by atoms with Gasteiger partial charge in [-0.25, -0.2) is 0 Å². The van der Waals surface area contributed by atoms with Crippen molar-refractivity contribution in [3.8, 4) is 0 Å². The van der Waals surface area contributed by atoms with E-state index in [4.69, 9.17) is 5.73 Å². The minimum absolute atomic E-state index is 0.264. The van der Waals surface area contributed by atoms with Crippen molar-refractivity contribution in [3.63, 3.8) is 0 Å². The molecule has 2 atom stereocenters. The Morgan fingerprint density at radius 3 is 2.56 bits per heavy atom. The van der Waals surface area contributed by atoms with Crippen LogP contribution in [0.1, 0.15) is 32.6 Å². The minimum atomic E-state index is 0.264. The number of rotatable bonds is 3. The summed E-state index contributed by atoms with van der Waals surface area (Å²) in [5, 5.41) is 3.40. The second-order valence-corrected chi connectivity index (χ2v) is 5.22. The second-order valence-electron chi connectivity index (χ2n) is 5.22. The van der Waals surface area contributed by atoms with Crippen LogP contribution in [0.4, 0.5) is 17.8 Å². The van der Waals surface area contributed by atoms with Gasteiger partial charge in [-0.1, -0.05) is 19.8 Å². The van der Waals surface area contributed by atoms with Gasteiger partial charge in [0.25, 0.3) is 0 Å². The predicted molar refractivity (Wildman–Crippen MR) is 73.6 cm³/mol. The van der Waals surface area contributed by atoms with E-state index in [2.05, 4.69) is 27.2 Å². The molecule has 1 aliphatic rings. The van der Waals surface area contributed by atoms with Crippen LogP contribution in [0.5, 0.6) is 0 Å². The van der Waals surface area contributed by atoms with Crippen LogP contribution >= 0.6 is 0 Å². The molecule has 0 radical (unpaired) electrons. The van der Waals surface area contributed by atoms with Gasteiger partial charge in [-0.2, -0.15) is 15.0 Å². The van der Waals surface area contributed by atoms with Gasteiger partial charge in [0.2, 0.25) is 17.8 Å². The van der Waals surface area contributed by atoms with E-state index in [1.54, 1.807) is 0 Å².